The van der Waals surface area contributed by atoms with Crippen LogP contribution in [0.15, 0.2) is 84.9 Å². The summed E-state index contributed by atoms with van der Waals surface area (Å²) in [7, 11) is 0. The van der Waals surface area contributed by atoms with Gasteiger partial charge in [0.2, 0.25) is 0 Å². The maximum absolute atomic E-state index is 12.1. The van der Waals surface area contributed by atoms with Gasteiger partial charge in [-0.25, -0.2) is 0 Å². The fourth-order valence-electron chi connectivity index (χ4n) is 11.3. The molecular formula is C107H200O3S6. The topological polar surface area (TPSA) is 43.4 Å². The highest BCUT2D eigenvalue weighted by Crippen LogP contribution is 2.40. The molecule has 0 aromatic heterocycles. The highest BCUT2D eigenvalue weighted by atomic mass is 32.2. The van der Waals surface area contributed by atoms with Gasteiger partial charge in [0.05, 0.1) is 6.42 Å². The molecule has 0 radical (unpaired) electrons. The van der Waals surface area contributed by atoms with Crippen LogP contribution >= 0.6 is 70.6 Å². The molecule has 9 heteroatoms. The Morgan fingerprint density at radius 3 is 1.01 bits per heavy atom. The minimum atomic E-state index is -0.421. The van der Waals surface area contributed by atoms with Crippen LogP contribution in [0.25, 0.3) is 0 Å². The van der Waals surface area contributed by atoms with Crippen LogP contribution in [0.3, 0.4) is 0 Å². The standard InChI is InChI=1S/C17H26O2.C17H26OS.C17H28S.2C14H30S.C12H26S.C12H24S.C4H10/c2*1-16(2,3)12-14-10-8-7-9-13(14)11-15(18)19-17(4,5)6;1-16(2,3)13-15-10-8-7-9-14(15)11-12-18-17(4,5)6;1-12(2,3)11-14(7,8)9-10-15-13(4,5)6;1-12(2,3)9-10-14(7,8)11-15-13(4,5)6;2*1-11(2,3)9-7-8-10-13-12(4,5)6;1-3-4-2/h2*7-10H,11-12H2,1-6H3;7-10H,11-13H2,1-6H3;2*9-11H2,1-8H3;7-10H2,1-6H3;7-8H,9-10H2,1-6H3;3-4H2,1-2H3/b;;;;;;8-7-;. The van der Waals surface area contributed by atoms with Gasteiger partial charge in [-0.15, -0.1) is 0 Å². The van der Waals surface area contributed by atoms with Crippen molar-refractivity contribution >= 4 is 81.7 Å². The normalized spacial score (nSPS) is 13.1. The monoisotopic (exact) mass is 1730 g/mol. The first-order valence-corrected chi connectivity index (χ1v) is 50.7. The van der Waals surface area contributed by atoms with Crippen molar-refractivity contribution in [3.8, 4) is 0 Å². The Hall–Kier alpha value is -1.36. The van der Waals surface area contributed by atoms with E-state index in [-0.39, 0.29) is 26.7 Å². The van der Waals surface area contributed by atoms with Crippen molar-refractivity contribution in [2.45, 2.75) is 469 Å². The number of hydrogen-bond donors (Lipinski definition) is 0. The molecule has 682 valence electrons. The second-order valence-electron chi connectivity index (χ2n) is 49.6. The molecule has 0 bridgehead atoms. The lowest BCUT2D eigenvalue weighted by molar-refractivity contribution is -0.154. The summed E-state index contributed by atoms with van der Waals surface area (Å²) in [6.45, 7) is 108. The summed E-state index contributed by atoms with van der Waals surface area (Å²) in [6.07, 6.45) is 23.0. The highest BCUT2D eigenvalue weighted by Gasteiger charge is 2.28. The zero-order chi connectivity index (χ0) is 92.3. The first-order chi connectivity index (χ1) is 51.5. The maximum atomic E-state index is 12.1. The molecule has 116 heavy (non-hydrogen) atoms. The lowest BCUT2D eigenvalue weighted by Crippen LogP contribution is -2.25. The summed E-state index contributed by atoms with van der Waals surface area (Å²) in [6, 6.07) is 25.4. The largest absolute Gasteiger partial charge is 0.460 e. The number of esters is 1. The molecule has 0 spiro atoms. The number of rotatable bonds is 26. The number of allylic oxidation sites excluding steroid dienone is 1. The van der Waals surface area contributed by atoms with Crippen molar-refractivity contribution in [3.63, 3.8) is 0 Å². The van der Waals surface area contributed by atoms with E-state index in [0.29, 0.717) is 74.5 Å². The van der Waals surface area contributed by atoms with Gasteiger partial charge in [0.1, 0.15) is 5.60 Å². The summed E-state index contributed by atoms with van der Waals surface area (Å²) in [4.78, 5) is 24.0. The number of aryl methyl sites for hydroxylation is 1. The number of unbranched alkanes of at least 4 members (excludes halogenated alkanes) is 2. The highest BCUT2D eigenvalue weighted by molar-refractivity contribution is 8.14. The van der Waals surface area contributed by atoms with Gasteiger partial charge in [0.25, 0.3) is 0 Å². The lowest BCUT2D eigenvalue weighted by atomic mass is 9.75. The van der Waals surface area contributed by atoms with E-state index in [1.54, 1.807) is 0 Å². The molecule has 3 aromatic carbocycles. The third-order valence-electron chi connectivity index (χ3n) is 16.6. The molecule has 0 aliphatic heterocycles. The molecule has 0 amide bonds. The van der Waals surface area contributed by atoms with Crippen molar-refractivity contribution in [3.05, 3.63) is 118 Å². The van der Waals surface area contributed by atoms with E-state index >= 15 is 0 Å². The van der Waals surface area contributed by atoms with Crippen molar-refractivity contribution in [2.24, 2.45) is 48.7 Å². The second-order valence-corrected chi connectivity index (χ2v) is 60.9. The minimum Gasteiger partial charge on any atom is -0.460 e. The van der Waals surface area contributed by atoms with Crippen LogP contribution in [0.1, 0.15) is 430 Å². The van der Waals surface area contributed by atoms with E-state index in [0.717, 1.165) is 24.2 Å². The summed E-state index contributed by atoms with van der Waals surface area (Å²) in [5, 5.41) is 0.258. The van der Waals surface area contributed by atoms with E-state index in [2.05, 4.69) is 419 Å². The molecule has 0 atom stereocenters. The average molecular weight is 1730 g/mol. The number of hydrogen-bond acceptors (Lipinski definition) is 9. The van der Waals surface area contributed by atoms with Gasteiger partial charge in [0, 0.05) is 40.7 Å². The lowest BCUT2D eigenvalue weighted by Gasteiger charge is -2.33. The first-order valence-electron chi connectivity index (χ1n) is 45.0. The summed E-state index contributed by atoms with van der Waals surface area (Å²) in [5.41, 5.74) is 11.1. The van der Waals surface area contributed by atoms with Crippen LogP contribution in [0.2, 0.25) is 0 Å². The predicted molar refractivity (Wildman–Crippen MR) is 551 cm³/mol. The molecule has 0 aliphatic carbocycles. The molecule has 0 saturated heterocycles. The summed E-state index contributed by atoms with van der Waals surface area (Å²) < 4.78 is 7.42. The minimum absolute atomic E-state index is 0.00391. The smallest absolute Gasteiger partial charge is 0.310 e. The Morgan fingerprint density at radius 1 is 0.319 bits per heavy atom. The van der Waals surface area contributed by atoms with E-state index < -0.39 is 5.60 Å². The Kier molecular flexibility index (Phi) is 59.3. The molecule has 0 heterocycles. The molecule has 3 nitrogen and oxygen atoms in total. The fraction of sp³-hybridized carbons (Fsp3) is 0.794. The number of benzene rings is 3. The van der Waals surface area contributed by atoms with Crippen molar-refractivity contribution in [2.75, 3.05) is 28.8 Å². The van der Waals surface area contributed by atoms with Crippen LogP contribution in [-0.2, 0) is 52.9 Å². The SMILES string of the molecule is CC(C)(C)C/C=C\CSC(C)(C)C.CC(C)(C)CC(C)(C)CCSC(C)(C)C.CC(C)(C)CCC(C)(C)CSC(C)(C)C.CC(C)(C)CCCCSC(C)(C)C.CC(C)(C)Cc1ccccc1CC(=O)OC(C)(C)C.CC(C)(C)Cc1ccccc1CC(=O)SC(C)(C)C.CC(C)(C)Cc1ccccc1CCSC(C)(C)C.CCCC. The van der Waals surface area contributed by atoms with Gasteiger partial charge in [-0.05, 0) is 197 Å². The van der Waals surface area contributed by atoms with E-state index in [1.807, 2.05) is 56.8 Å². The van der Waals surface area contributed by atoms with Gasteiger partial charge in [-0.2, -0.15) is 58.8 Å². The average Bonchev–Trinajstić information content (AvgIpc) is 0.868. The van der Waals surface area contributed by atoms with Gasteiger partial charge >= 0.3 is 5.97 Å². The van der Waals surface area contributed by atoms with Gasteiger partial charge in [-0.3, -0.25) is 9.59 Å². The Labute approximate surface area is 755 Å². The molecular weight excluding hydrogens is 1530 g/mol. The van der Waals surface area contributed by atoms with Crippen LogP contribution < -0.4 is 0 Å². The van der Waals surface area contributed by atoms with Crippen LogP contribution in [0.5, 0.6) is 0 Å². The van der Waals surface area contributed by atoms with Crippen LogP contribution in [0, 0.1) is 48.7 Å². The number of carbonyl (C=O) groups excluding carboxylic acids is 2. The maximum Gasteiger partial charge on any atom is 0.310 e. The Bertz CT molecular complexity index is 2900. The molecule has 0 aliphatic rings. The fourth-order valence-corrected chi connectivity index (χ4v) is 17.1. The zero-order valence-corrected chi connectivity index (χ0v) is 91.5. The molecule has 0 N–H and O–H groups in total. The number of carbonyl (C=O) groups is 2. The predicted octanol–water partition coefficient (Wildman–Crippen LogP) is 36.2. The zero-order valence-electron chi connectivity index (χ0n) is 86.6. The number of thioether (sulfide) groups is 6. The Morgan fingerprint density at radius 2 is 0.672 bits per heavy atom. The summed E-state index contributed by atoms with van der Waals surface area (Å²) in [5.74, 6) is 6.07. The molecule has 0 unspecified atom stereocenters. The van der Waals surface area contributed by atoms with Crippen molar-refractivity contribution < 1.29 is 14.3 Å². The molecule has 3 rings (SSSR count). The van der Waals surface area contributed by atoms with Gasteiger partial charge in [0.15, 0.2) is 5.12 Å². The summed E-state index contributed by atoms with van der Waals surface area (Å²) >= 11 is 11.8. The molecule has 3 aromatic rings. The van der Waals surface area contributed by atoms with Crippen LogP contribution in [-0.4, -0.2) is 73.9 Å². The van der Waals surface area contributed by atoms with Gasteiger partial charge < -0.3 is 4.74 Å². The van der Waals surface area contributed by atoms with E-state index in [4.69, 9.17) is 4.74 Å². The van der Waals surface area contributed by atoms with Crippen LogP contribution in [0.4, 0.5) is 0 Å². The quantitative estimate of drug-likeness (QED) is 0.0444. The van der Waals surface area contributed by atoms with E-state index in [1.165, 1.54) is 140 Å². The van der Waals surface area contributed by atoms with Crippen molar-refractivity contribution in [1.82, 2.24) is 0 Å². The second kappa shape index (κ2) is 55.9. The Balaban J connectivity index is -0.000000412. The van der Waals surface area contributed by atoms with Crippen molar-refractivity contribution in [1.29, 1.82) is 0 Å². The van der Waals surface area contributed by atoms with E-state index in [9.17, 15) is 9.59 Å². The third-order valence-corrected chi connectivity index (χ3v) is 24.5. The van der Waals surface area contributed by atoms with Gasteiger partial charge in [-0.1, -0.05) is 428 Å². The molecule has 0 saturated carbocycles. The third kappa shape index (κ3) is 96.5. The number of ether oxygens (including phenoxy) is 1. The molecule has 0 fully saturated rings. The first kappa shape index (κ1) is 123.